The lowest BCUT2D eigenvalue weighted by molar-refractivity contribution is -0.363. The summed E-state index contributed by atoms with van der Waals surface area (Å²) in [6.07, 6.45) is 5.14. The second-order valence-electron chi connectivity index (χ2n) is 13.8. The Labute approximate surface area is 290 Å². The van der Waals surface area contributed by atoms with E-state index < -0.39 is 6.97 Å². The van der Waals surface area contributed by atoms with Gasteiger partial charge in [-0.05, 0) is 105 Å². The summed E-state index contributed by atoms with van der Waals surface area (Å²) in [7, 11) is 0. The zero-order chi connectivity index (χ0) is 34.9. The highest BCUT2D eigenvalue weighted by Crippen LogP contribution is 2.45. The van der Waals surface area contributed by atoms with Crippen molar-refractivity contribution in [3.8, 4) is 17.2 Å². The first-order valence-electron chi connectivity index (χ1n) is 17.2. The average Bonchev–Trinajstić information content (AvgIpc) is 3.77. The Morgan fingerprint density at radius 1 is 0.920 bits per heavy atom. The Morgan fingerprint density at radius 3 is 2.30 bits per heavy atom. The third kappa shape index (κ3) is 5.14. The SMILES string of the molecule is CC1=CC(C)=[N+]2C1=C(c1ccc(NC(=O)c3ccc(C(c4cc5c(cc4O)OCO5)N4CCCCC4)cc3)cc1)c1c(C)cc(C)n1[B-]2(F)F. The Balaban J connectivity index is 1.06. The van der Waals surface area contributed by atoms with Gasteiger partial charge in [0, 0.05) is 47.1 Å². The molecule has 4 aliphatic rings. The van der Waals surface area contributed by atoms with Crippen LogP contribution in [-0.4, -0.2) is 57.4 Å². The number of nitrogens with one attached hydrogen (secondary N) is 1. The summed E-state index contributed by atoms with van der Waals surface area (Å²) in [6.45, 7) is 5.06. The summed E-state index contributed by atoms with van der Waals surface area (Å²) >= 11 is 0. The smallest absolute Gasteiger partial charge is 0.507 e. The third-order valence-electron chi connectivity index (χ3n) is 10.4. The number of hydrogen-bond acceptors (Lipinski definition) is 5. The molecule has 4 aromatic rings. The minimum atomic E-state index is -4.05. The number of aryl methyl sites for hydroxylation is 2. The van der Waals surface area contributed by atoms with Gasteiger partial charge < -0.3 is 37.5 Å². The van der Waals surface area contributed by atoms with Crippen molar-refractivity contribution < 1.29 is 32.5 Å². The second-order valence-corrected chi connectivity index (χ2v) is 13.8. The van der Waals surface area contributed by atoms with Crippen molar-refractivity contribution in [1.29, 1.82) is 0 Å². The summed E-state index contributed by atoms with van der Waals surface area (Å²) in [5.74, 6) is 1.02. The number of aromatic nitrogens is 1. The van der Waals surface area contributed by atoms with Crippen LogP contribution in [0.4, 0.5) is 14.3 Å². The maximum Gasteiger partial charge on any atom is 0.737 e. The van der Waals surface area contributed by atoms with Gasteiger partial charge in [0.2, 0.25) is 6.79 Å². The maximum absolute atomic E-state index is 16.0. The standard InChI is InChI=1S/C39H39BF2N4O4/c1-23-18-25(3)45-36(23)35(37-24(2)19-26(4)46(37)40(45,41)42)27-12-14-30(15-13-27)43-39(48)29-10-8-28(9-11-29)38(44-16-6-5-7-17-44)31-20-33-34(21-32(31)47)50-22-49-33/h8-15,18-21,38,47H,5-7,16-17,22H2,1-4H3,(H,43,48). The molecule has 0 spiro atoms. The highest BCUT2D eigenvalue weighted by Gasteiger charge is 2.55. The number of fused-ring (bicyclic) bond motifs is 3. The van der Waals surface area contributed by atoms with E-state index in [-0.39, 0.29) is 24.5 Å². The van der Waals surface area contributed by atoms with Gasteiger partial charge in [0.25, 0.3) is 5.91 Å². The normalized spacial score (nSPS) is 18.6. The number of carbonyl (C=O) groups excluding carboxylic acids is 1. The van der Waals surface area contributed by atoms with E-state index in [9.17, 15) is 9.90 Å². The number of aromatic hydroxyl groups is 1. The quantitative estimate of drug-likeness (QED) is 0.204. The molecule has 256 valence electrons. The van der Waals surface area contributed by atoms with Gasteiger partial charge in [-0.1, -0.05) is 30.7 Å². The zero-order valence-corrected chi connectivity index (χ0v) is 28.6. The van der Waals surface area contributed by atoms with E-state index in [2.05, 4.69) is 10.2 Å². The topological polar surface area (TPSA) is 79.0 Å². The Kier molecular flexibility index (Phi) is 7.71. The molecule has 1 saturated heterocycles. The van der Waals surface area contributed by atoms with E-state index in [1.165, 1.54) is 15.4 Å². The predicted molar refractivity (Wildman–Crippen MR) is 190 cm³/mol. The number of allylic oxidation sites excluding steroid dienone is 2. The molecule has 0 radical (unpaired) electrons. The molecule has 8 nitrogen and oxygen atoms in total. The monoisotopic (exact) mass is 676 g/mol. The first kappa shape index (κ1) is 32.1. The van der Waals surface area contributed by atoms with Crippen LogP contribution in [0.1, 0.15) is 83.2 Å². The minimum absolute atomic E-state index is 0.124. The molecule has 3 aromatic carbocycles. The fraction of sp³-hybridized carbons (Fsp3) is 0.282. The lowest BCUT2D eigenvalue weighted by Crippen LogP contribution is -2.51. The number of phenols is 1. The summed E-state index contributed by atoms with van der Waals surface area (Å²) < 4.78 is 45.5. The van der Waals surface area contributed by atoms with Gasteiger partial charge in [0.1, 0.15) is 11.5 Å². The van der Waals surface area contributed by atoms with Gasteiger partial charge in [0.05, 0.1) is 11.6 Å². The molecule has 1 unspecified atom stereocenters. The van der Waals surface area contributed by atoms with Crippen LogP contribution >= 0.6 is 0 Å². The van der Waals surface area contributed by atoms with E-state index in [1.807, 2.05) is 68.5 Å². The van der Waals surface area contributed by atoms with Gasteiger partial charge in [0.15, 0.2) is 17.2 Å². The van der Waals surface area contributed by atoms with Gasteiger partial charge in [-0.3, -0.25) is 9.69 Å². The van der Waals surface area contributed by atoms with Crippen LogP contribution in [0.5, 0.6) is 17.2 Å². The number of hydrogen-bond donors (Lipinski definition) is 2. The Bertz CT molecular complexity index is 2150. The molecule has 2 N–H and O–H groups in total. The largest absolute Gasteiger partial charge is 0.737 e. The summed E-state index contributed by atoms with van der Waals surface area (Å²) in [4.78, 5) is 15.8. The number of anilines is 1. The molecule has 0 bridgehead atoms. The van der Waals surface area contributed by atoms with Crippen LogP contribution in [0.25, 0.3) is 5.57 Å². The number of halogens is 2. The Morgan fingerprint density at radius 2 is 1.60 bits per heavy atom. The van der Waals surface area contributed by atoms with Gasteiger partial charge in [-0.2, -0.15) is 0 Å². The van der Waals surface area contributed by atoms with Crippen molar-refractivity contribution in [3.05, 3.63) is 123 Å². The van der Waals surface area contributed by atoms with Gasteiger partial charge in [-0.25, -0.2) is 0 Å². The number of ether oxygens (including phenoxy) is 2. The predicted octanol–water partition coefficient (Wildman–Crippen LogP) is 7.80. The number of rotatable bonds is 6. The molecular formula is C39H39BF2N4O4. The lowest BCUT2D eigenvalue weighted by atomic mass is 9.84. The molecule has 1 aromatic heterocycles. The average molecular weight is 677 g/mol. The number of nitrogens with zero attached hydrogens (tertiary/aromatic N) is 3. The van der Waals surface area contributed by atoms with Crippen LogP contribution in [-0.2, 0) is 0 Å². The van der Waals surface area contributed by atoms with Crippen molar-refractivity contribution in [1.82, 2.24) is 9.38 Å². The first-order valence-corrected chi connectivity index (χ1v) is 17.2. The van der Waals surface area contributed by atoms with Crippen LogP contribution < -0.4 is 14.8 Å². The number of benzene rings is 3. The van der Waals surface area contributed by atoms with Crippen LogP contribution in [0.3, 0.4) is 0 Å². The first-order chi connectivity index (χ1) is 24.0. The summed E-state index contributed by atoms with van der Waals surface area (Å²) in [5.41, 5.74) is 7.99. The molecule has 8 rings (SSSR count). The molecule has 50 heavy (non-hydrogen) atoms. The van der Waals surface area contributed by atoms with Crippen molar-refractivity contribution in [2.75, 3.05) is 25.2 Å². The van der Waals surface area contributed by atoms with Gasteiger partial charge in [-0.15, -0.1) is 0 Å². The molecule has 5 heterocycles. The summed E-state index contributed by atoms with van der Waals surface area (Å²) in [5, 5.41) is 14.0. The fourth-order valence-electron chi connectivity index (χ4n) is 8.24. The van der Waals surface area contributed by atoms with Crippen molar-refractivity contribution in [2.45, 2.75) is 53.0 Å². The van der Waals surface area contributed by atoms with Gasteiger partial charge >= 0.3 is 6.97 Å². The number of amides is 1. The molecule has 1 atom stereocenters. The van der Waals surface area contributed by atoms with Crippen molar-refractivity contribution in [3.63, 3.8) is 0 Å². The molecule has 4 aliphatic heterocycles. The third-order valence-corrected chi connectivity index (χ3v) is 10.4. The molecule has 0 saturated carbocycles. The Hall–Kier alpha value is -5.16. The number of piperidine rings is 1. The van der Waals surface area contributed by atoms with E-state index in [0.717, 1.165) is 59.3 Å². The maximum atomic E-state index is 16.0. The van der Waals surface area contributed by atoms with Crippen LogP contribution in [0.15, 0.2) is 84.1 Å². The number of likely N-dealkylation sites (tertiary alicyclic amines) is 1. The van der Waals surface area contributed by atoms with E-state index in [0.29, 0.717) is 45.5 Å². The summed E-state index contributed by atoms with van der Waals surface area (Å²) in [6, 6.07) is 19.9. The molecule has 1 fully saturated rings. The van der Waals surface area contributed by atoms with E-state index in [4.69, 9.17) is 9.47 Å². The fourth-order valence-corrected chi connectivity index (χ4v) is 8.24. The zero-order valence-electron chi connectivity index (χ0n) is 28.6. The minimum Gasteiger partial charge on any atom is -0.507 e. The number of carbonyl (C=O) groups is 1. The molecule has 1 amide bonds. The molecular weight excluding hydrogens is 637 g/mol. The molecule has 0 aliphatic carbocycles. The van der Waals surface area contributed by atoms with E-state index >= 15 is 8.63 Å². The number of phenolic OH excluding ortho intramolecular Hbond substituents is 1. The highest BCUT2D eigenvalue weighted by atomic mass is 19.2. The van der Waals surface area contributed by atoms with Crippen LogP contribution in [0, 0.1) is 13.8 Å². The van der Waals surface area contributed by atoms with E-state index in [1.54, 1.807) is 32.0 Å². The highest BCUT2D eigenvalue weighted by molar-refractivity contribution is 6.58. The van der Waals surface area contributed by atoms with Crippen molar-refractivity contribution >= 4 is 29.8 Å². The molecule has 11 heteroatoms. The lowest BCUT2D eigenvalue weighted by Gasteiger charge is -2.35. The van der Waals surface area contributed by atoms with Crippen molar-refractivity contribution in [2.24, 2.45) is 0 Å². The second kappa shape index (κ2) is 12.0. The van der Waals surface area contributed by atoms with Crippen LogP contribution in [0.2, 0.25) is 0 Å².